The number of nitrogens with zero attached hydrogens (tertiary/aromatic N) is 2. The number of hydrogen-bond acceptors (Lipinski definition) is 2. The van der Waals surface area contributed by atoms with Crippen LogP contribution in [-0.4, -0.2) is 9.78 Å². The van der Waals surface area contributed by atoms with Gasteiger partial charge < -0.3 is 5.73 Å². The molecule has 0 fully saturated rings. The fraction of sp³-hybridized carbons (Fsp3) is 0.250. The highest BCUT2D eigenvalue weighted by molar-refractivity contribution is 5.38. The highest BCUT2D eigenvalue weighted by Gasteiger charge is 2.30. The lowest BCUT2D eigenvalue weighted by molar-refractivity contribution is -0.137. The Hall–Kier alpha value is -1.96. The molecule has 0 spiro atoms. The number of benzene rings is 1. The van der Waals surface area contributed by atoms with Gasteiger partial charge in [0.25, 0.3) is 6.43 Å². The van der Waals surface area contributed by atoms with Gasteiger partial charge in [0, 0.05) is 12.1 Å². The number of rotatable bonds is 3. The molecule has 2 aromatic rings. The van der Waals surface area contributed by atoms with Gasteiger partial charge in [0.05, 0.1) is 17.4 Å². The van der Waals surface area contributed by atoms with Gasteiger partial charge in [-0.25, -0.2) is 13.5 Å². The molecule has 0 amide bonds. The van der Waals surface area contributed by atoms with Crippen molar-refractivity contribution in [3.63, 3.8) is 0 Å². The first kappa shape index (κ1) is 14.4. The van der Waals surface area contributed by atoms with Gasteiger partial charge in [-0.15, -0.1) is 0 Å². The monoisotopic (exact) mass is 291 g/mol. The van der Waals surface area contributed by atoms with Crippen LogP contribution in [0.1, 0.15) is 23.2 Å². The molecule has 8 heteroatoms. The fourth-order valence-corrected chi connectivity index (χ4v) is 1.78. The van der Waals surface area contributed by atoms with E-state index in [2.05, 4.69) is 5.10 Å². The molecule has 0 atom stereocenters. The van der Waals surface area contributed by atoms with Crippen LogP contribution in [0.5, 0.6) is 0 Å². The first-order chi connectivity index (χ1) is 9.34. The van der Waals surface area contributed by atoms with Gasteiger partial charge in [-0.1, -0.05) is 0 Å². The van der Waals surface area contributed by atoms with Crippen molar-refractivity contribution in [1.82, 2.24) is 9.78 Å². The normalized spacial score (nSPS) is 12.2. The number of nitrogens with two attached hydrogens (primary N) is 1. The molecule has 0 bridgehead atoms. The van der Waals surface area contributed by atoms with Crippen LogP contribution in [-0.2, 0) is 12.7 Å². The lowest BCUT2D eigenvalue weighted by atomic mass is 10.2. The summed E-state index contributed by atoms with van der Waals surface area (Å²) in [5.74, 6) is 0. The molecule has 2 N–H and O–H groups in total. The summed E-state index contributed by atoms with van der Waals surface area (Å²) in [6, 6.07) is 3.80. The summed E-state index contributed by atoms with van der Waals surface area (Å²) in [4.78, 5) is 0. The van der Waals surface area contributed by atoms with Crippen LogP contribution in [0.25, 0.3) is 5.69 Å². The Morgan fingerprint density at radius 1 is 1.15 bits per heavy atom. The van der Waals surface area contributed by atoms with E-state index in [1.54, 1.807) is 0 Å². The summed E-state index contributed by atoms with van der Waals surface area (Å²) in [6.45, 7) is -0.125. The minimum atomic E-state index is -4.48. The van der Waals surface area contributed by atoms with Crippen molar-refractivity contribution in [2.75, 3.05) is 0 Å². The molecule has 2 rings (SSSR count). The second-order valence-corrected chi connectivity index (χ2v) is 4.02. The molecular formula is C12H10F5N3. The standard InChI is InChI=1S/C12H10F5N3/c13-11(14)10-7(5-18)6-19-20(10)9-3-1-8(2-4-9)12(15,16)17/h1-4,6,11H,5,18H2. The maximum atomic E-state index is 13.0. The minimum Gasteiger partial charge on any atom is -0.326 e. The average molecular weight is 291 g/mol. The lowest BCUT2D eigenvalue weighted by Crippen LogP contribution is -2.08. The van der Waals surface area contributed by atoms with E-state index in [1.807, 2.05) is 0 Å². The van der Waals surface area contributed by atoms with Crippen molar-refractivity contribution in [2.24, 2.45) is 5.73 Å². The summed E-state index contributed by atoms with van der Waals surface area (Å²) in [5, 5.41) is 3.75. The van der Waals surface area contributed by atoms with E-state index in [4.69, 9.17) is 5.73 Å². The van der Waals surface area contributed by atoms with E-state index in [-0.39, 0.29) is 17.8 Å². The Balaban J connectivity index is 2.45. The zero-order chi connectivity index (χ0) is 14.9. The second kappa shape index (κ2) is 5.20. The Kier molecular flexibility index (Phi) is 3.76. The first-order valence-electron chi connectivity index (χ1n) is 5.57. The highest BCUT2D eigenvalue weighted by Crippen LogP contribution is 2.31. The zero-order valence-electron chi connectivity index (χ0n) is 10.0. The number of hydrogen-bond donors (Lipinski definition) is 1. The van der Waals surface area contributed by atoms with Crippen molar-refractivity contribution in [2.45, 2.75) is 19.1 Å². The van der Waals surface area contributed by atoms with Gasteiger partial charge in [0.2, 0.25) is 0 Å². The maximum Gasteiger partial charge on any atom is 0.416 e. The SMILES string of the molecule is NCc1cnn(-c2ccc(C(F)(F)F)cc2)c1C(F)F. The number of aromatic nitrogens is 2. The van der Waals surface area contributed by atoms with E-state index < -0.39 is 23.9 Å². The van der Waals surface area contributed by atoms with Gasteiger partial charge in [-0.05, 0) is 24.3 Å². The first-order valence-corrected chi connectivity index (χ1v) is 5.57. The fourth-order valence-electron chi connectivity index (χ4n) is 1.78. The molecule has 0 aliphatic heterocycles. The summed E-state index contributed by atoms with van der Waals surface area (Å²) >= 11 is 0. The van der Waals surface area contributed by atoms with E-state index in [0.29, 0.717) is 0 Å². The molecule has 0 saturated carbocycles. The Bertz CT molecular complexity index is 586. The largest absolute Gasteiger partial charge is 0.416 e. The third-order valence-corrected chi connectivity index (χ3v) is 2.75. The summed E-state index contributed by atoms with van der Waals surface area (Å²) in [5.41, 5.74) is 4.33. The van der Waals surface area contributed by atoms with E-state index in [1.165, 1.54) is 6.20 Å². The quantitative estimate of drug-likeness (QED) is 0.882. The van der Waals surface area contributed by atoms with Crippen molar-refractivity contribution >= 4 is 0 Å². The van der Waals surface area contributed by atoms with Gasteiger partial charge in [-0.3, -0.25) is 0 Å². The van der Waals surface area contributed by atoms with Gasteiger partial charge in [0.1, 0.15) is 5.69 Å². The Labute approximate surface area is 110 Å². The van der Waals surface area contributed by atoms with Crippen molar-refractivity contribution in [1.29, 1.82) is 0 Å². The minimum absolute atomic E-state index is 0.119. The summed E-state index contributed by atoms with van der Waals surface area (Å²) < 4.78 is 64.1. The lowest BCUT2D eigenvalue weighted by Gasteiger charge is -2.10. The summed E-state index contributed by atoms with van der Waals surface area (Å²) in [6.07, 6.45) is -6.12. The third kappa shape index (κ3) is 2.64. The van der Waals surface area contributed by atoms with Crippen LogP contribution < -0.4 is 5.73 Å². The molecule has 0 unspecified atom stereocenters. The van der Waals surface area contributed by atoms with Crippen LogP contribution in [0.15, 0.2) is 30.5 Å². The van der Waals surface area contributed by atoms with Crippen molar-refractivity contribution in [3.05, 3.63) is 47.3 Å². The molecular weight excluding hydrogens is 281 g/mol. The molecule has 0 aliphatic rings. The number of halogens is 5. The van der Waals surface area contributed by atoms with Crippen molar-refractivity contribution < 1.29 is 22.0 Å². The predicted octanol–water partition coefficient (Wildman–Crippen LogP) is 3.29. The van der Waals surface area contributed by atoms with E-state index in [0.717, 1.165) is 28.9 Å². The zero-order valence-corrected chi connectivity index (χ0v) is 10.0. The maximum absolute atomic E-state index is 13.0. The molecule has 1 heterocycles. The van der Waals surface area contributed by atoms with E-state index in [9.17, 15) is 22.0 Å². The van der Waals surface area contributed by atoms with Crippen LogP contribution in [0.2, 0.25) is 0 Å². The van der Waals surface area contributed by atoms with Gasteiger partial charge in [0.15, 0.2) is 0 Å². The third-order valence-electron chi connectivity index (χ3n) is 2.75. The van der Waals surface area contributed by atoms with Gasteiger partial charge >= 0.3 is 6.18 Å². The molecule has 0 radical (unpaired) electrons. The molecule has 20 heavy (non-hydrogen) atoms. The van der Waals surface area contributed by atoms with E-state index >= 15 is 0 Å². The molecule has 108 valence electrons. The van der Waals surface area contributed by atoms with Crippen LogP contribution in [0.4, 0.5) is 22.0 Å². The van der Waals surface area contributed by atoms with Crippen molar-refractivity contribution in [3.8, 4) is 5.69 Å². The van der Waals surface area contributed by atoms with Crippen LogP contribution in [0.3, 0.4) is 0 Å². The summed E-state index contributed by atoms with van der Waals surface area (Å²) in [7, 11) is 0. The topological polar surface area (TPSA) is 43.8 Å². The molecule has 0 aliphatic carbocycles. The average Bonchev–Trinajstić information content (AvgIpc) is 2.81. The Morgan fingerprint density at radius 2 is 1.75 bits per heavy atom. The highest BCUT2D eigenvalue weighted by atomic mass is 19.4. The van der Waals surface area contributed by atoms with Gasteiger partial charge in [-0.2, -0.15) is 18.3 Å². The smallest absolute Gasteiger partial charge is 0.326 e. The molecule has 1 aromatic carbocycles. The van der Waals surface area contributed by atoms with Crippen LogP contribution >= 0.6 is 0 Å². The van der Waals surface area contributed by atoms with Crippen LogP contribution in [0, 0.1) is 0 Å². The molecule has 1 aromatic heterocycles. The second-order valence-electron chi connectivity index (χ2n) is 4.02. The molecule has 3 nitrogen and oxygen atoms in total. The predicted molar refractivity (Wildman–Crippen MR) is 61.4 cm³/mol. The molecule has 0 saturated heterocycles. The Morgan fingerprint density at radius 3 is 2.20 bits per heavy atom. The number of alkyl halides is 5.